The molecule has 2 saturated heterocycles. The Kier molecular flexibility index (Phi) is 5.51. The van der Waals surface area contributed by atoms with Gasteiger partial charge in [0.25, 0.3) is 0 Å². The summed E-state index contributed by atoms with van der Waals surface area (Å²) in [6, 6.07) is 11.3. The number of amides is 1. The number of benzene rings is 1. The van der Waals surface area contributed by atoms with E-state index >= 15 is 0 Å². The molecule has 1 atom stereocenters. The van der Waals surface area contributed by atoms with Crippen LogP contribution in [0, 0.1) is 5.92 Å². The molecule has 0 saturated carbocycles. The fourth-order valence-electron chi connectivity index (χ4n) is 4.78. The Labute approximate surface area is 186 Å². The number of aliphatic carboxylic acids is 1. The van der Waals surface area contributed by atoms with E-state index in [-0.39, 0.29) is 18.2 Å². The van der Waals surface area contributed by atoms with Crippen molar-refractivity contribution in [1.82, 2.24) is 19.9 Å². The number of likely N-dealkylation sites (tertiary alicyclic amines) is 1. The number of carboxylic acids is 1. The van der Waals surface area contributed by atoms with E-state index in [9.17, 15) is 9.59 Å². The van der Waals surface area contributed by atoms with E-state index in [1.54, 1.807) is 6.07 Å². The largest absolute Gasteiger partial charge is 0.481 e. The molecule has 1 aromatic carbocycles. The number of piperidine rings is 1. The van der Waals surface area contributed by atoms with Crippen LogP contribution in [0.25, 0.3) is 22.6 Å². The standard InChI is InChI=1S/C24H27N5O3/c30-21(31)14-16-5-3-6-17(13-16)22-25-19-8-9-20(26-23(19)27-22)29-12-4-7-18(15-29)24(32)28-10-1-2-11-28/h3,5-6,8-9,13,18H,1-2,4,7,10-12,14-15H2,(H,30,31)(H,25,26,27). The Bertz CT molecular complexity index is 1150. The van der Waals surface area contributed by atoms with Gasteiger partial charge in [0.2, 0.25) is 5.91 Å². The fourth-order valence-corrected chi connectivity index (χ4v) is 4.78. The Balaban J connectivity index is 1.36. The maximum absolute atomic E-state index is 12.9. The van der Waals surface area contributed by atoms with Crippen LogP contribution in [0.15, 0.2) is 36.4 Å². The highest BCUT2D eigenvalue weighted by Crippen LogP contribution is 2.27. The van der Waals surface area contributed by atoms with E-state index in [0.717, 1.165) is 67.8 Å². The van der Waals surface area contributed by atoms with Gasteiger partial charge in [0, 0.05) is 31.7 Å². The molecule has 2 aliphatic rings. The maximum Gasteiger partial charge on any atom is 0.307 e. The lowest BCUT2D eigenvalue weighted by Gasteiger charge is -2.34. The number of nitrogens with zero attached hydrogens (tertiary/aromatic N) is 4. The fraction of sp³-hybridized carbons (Fsp3) is 0.417. The van der Waals surface area contributed by atoms with Gasteiger partial charge in [-0.05, 0) is 49.4 Å². The molecule has 2 aromatic heterocycles. The van der Waals surface area contributed by atoms with Crippen LogP contribution in [0.2, 0.25) is 0 Å². The molecule has 1 unspecified atom stereocenters. The minimum atomic E-state index is -0.860. The summed E-state index contributed by atoms with van der Waals surface area (Å²) < 4.78 is 0. The molecule has 166 valence electrons. The first-order valence-electron chi connectivity index (χ1n) is 11.3. The predicted octanol–water partition coefficient (Wildman–Crippen LogP) is 3.09. The smallest absolute Gasteiger partial charge is 0.307 e. The number of anilines is 1. The number of aromatic amines is 1. The molecule has 8 nitrogen and oxygen atoms in total. The minimum Gasteiger partial charge on any atom is -0.481 e. The van der Waals surface area contributed by atoms with Gasteiger partial charge in [-0.1, -0.05) is 18.2 Å². The van der Waals surface area contributed by atoms with Gasteiger partial charge in [0.15, 0.2) is 5.65 Å². The molecule has 32 heavy (non-hydrogen) atoms. The van der Waals surface area contributed by atoms with Crippen LogP contribution >= 0.6 is 0 Å². The number of carbonyl (C=O) groups is 2. The van der Waals surface area contributed by atoms with Crippen molar-refractivity contribution >= 4 is 28.9 Å². The molecule has 0 bridgehead atoms. The molecule has 0 radical (unpaired) electrons. The number of rotatable bonds is 5. The number of imidazole rings is 1. The van der Waals surface area contributed by atoms with E-state index in [2.05, 4.69) is 14.9 Å². The first kappa shape index (κ1) is 20.5. The molecule has 3 aromatic rings. The molecule has 1 amide bonds. The van der Waals surface area contributed by atoms with E-state index in [0.29, 0.717) is 18.0 Å². The number of aromatic nitrogens is 3. The van der Waals surface area contributed by atoms with E-state index in [1.807, 2.05) is 35.2 Å². The summed E-state index contributed by atoms with van der Waals surface area (Å²) in [4.78, 5) is 40.8. The third-order valence-corrected chi connectivity index (χ3v) is 6.40. The summed E-state index contributed by atoms with van der Waals surface area (Å²) >= 11 is 0. The summed E-state index contributed by atoms with van der Waals surface area (Å²) in [6.45, 7) is 3.37. The Morgan fingerprint density at radius 2 is 1.91 bits per heavy atom. The van der Waals surface area contributed by atoms with Crippen molar-refractivity contribution in [2.75, 3.05) is 31.1 Å². The lowest BCUT2D eigenvalue weighted by Crippen LogP contribution is -2.44. The summed E-state index contributed by atoms with van der Waals surface area (Å²) in [5.74, 6) is 0.968. The highest BCUT2D eigenvalue weighted by Gasteiger charge is 2.31. The third-order valence-electron chi connectivity index (χ3n) is 6.40. The molecule has 2 aliphatic heterocycles. The second-order valence-corrected chi connectivity index (χ2v) is 8.71. The lowest BCUT2D eigenvalue weighted by molar-refractivity contribution is -0.136. The first-order chi connectivity index (χ1) is 15.6. The highest BCUT2D eigenvalue weighted by atomic mass is 16.4. The number of carbonyl (C=O) groups excluding carboxylic acids is 1. The Morgan fingerprint density at radius 1 is 1.06 bits per heavy atom. The monoisotopic (exact) mass is 433 g/mol. The SMILES string of the molecule is O=C(O)Cc1cccc(-c2nc3nc(N4CCCC(C(=O)N5CCCC5)C4)ccc3[nH]2)c1. The van der Waals surface area contributed by atoms with Crippen LogP contribution in [0.3, 0.4) is 0 Å². The summed E-state index contributed by atoms with van der Waals surface area (Å²) in [6.07, 6.45) is 4.12. The molecular formula is C24H27N5O3. The third kappa shape index (κ3) is 4.17. The Hall–Kier alpha value is -3.42. The van der Waals surface area contributed by atoms with E-state index in [4.69, 9.17) is 10.1 Å². The zero-order valence-corrected chi connectivity index (χ0v) is 18.0. The van der Waals surface area contributed by atoms with Crippen molar-refractivity contribution in [3.63, 3.8) is 0 Å². The average Bonchev–Trinajstić information content (AvgIpc) is 3.48. The van der Waals surface area contributed by atoms with Crippen molar-refractivity contribution in [3.8, 4) is 11.4 Å². The van der Waals surface area contributed by atoms with E-state index < -0.39 is 5.97 Å². The lowest BCUT2D eigenvalue weighted by atomic mass is 9.96. The van der Waals surface area contributed by atoms with Gasteiger partial charge in [-0.2, -0.15) is 0 Å². The summed E-state index contributed by atoms with van der Waals surface area (Å²) in [5, 5.41) is 9.05. The normalized spacial score (nSPS) is 18.9. The van der Waals surface area contributed by atoms with Gasteiger partial charge < -0.3 is 19.9 Å². The number of H-pyrrole nitrogens is 1. The van der Waals surface area contributed by atoms with Crippen LogP contribution in [0.1, 0.15) is 31.2 Å². The summed E-state index contributed by atoms with van der Waals surface area (Å²) in [5.41, 5.74) is 3.01. The zero-order valence-electron chi connectivity index (χ0n) is 18.0. The molecule has 8 heteroatoms. The molecule has 2 N–H and O–H groups in total. The molecule has 2 fully saturated rings. The quantitative estimate of drug-likeness (QED) is 0.641. The average molecular weight is 434 g/mol. The molecule has 0 spiro atoms. The molecule has 5 rings (SSSR count). The number of hydrogen-bond donors (Lipinski definition) is 2. The van der Waals surface area contributed by atoms with Crippen LogP contribution in [0.4, 0.5) is 5.82 Å². The van der Waals surface area contributed by atoms with Gasteiger partial charge in [0.1, 0.15) is 11.6 Å². The Morgan fingerprint density at radius 3 is 2.72 bits per heavy atom. The highest BCUT2D eigenvalue weighted by molar-refractivity contribution is 5.81. The molecule has 4 heterocycles. The van der Waals surface area contributed by atoms with Crippen LogP contribution in [-0.2, 0) is 16.0 Å². The first-order valence-corrected chi connectivity index (χ1v) is 11.3. The van der Waals surface area contributed by atoms with Crippen molar-refractivity contribution in [3.05, 3.63) is 42.0 Å². The maximum atomic E-state index is 12.9. The number of pyridine rings is 1. The van der Waals surface area contributed by atoms with Gasteiger partial charge in [-0.25, -0.2) is 9.97 Å². The number of fused-ring (bicyclic) bond motifs is 1. The van der Waals surface area contributed by atoms with Gasteiger partial charge in [-0.15, -0.1) is 0 Å². The second kappa shape index (κ2) is 8.61. The predicted molar refractivity (Wildman–Crippen MR) is 121 cm³/mol. The van der Waals surface area contributed by atoms with Gasteiger partial charge in [0.05, 0.1) is 17.9 Å². The topological polar surface area (TPSA) is 102 Å². The number of nitrogens with one attached hydrogen (secondary N) is 1. The second-order valence-electron chi connectivity index (χ2n) is 8.71. The summed E-state index contributed by atoms with van der Waals surface area (Å²) in [7, 11) is 0. The zero-order chi connectivity index (χ0) is 22.1. The van der Waals surface area contributed by atoms with Gasteiger partial charge >= 0.3 is 5.97 Å². The van der Waals surface area contributed by atoms with Crippen LogP contribution in [-0.4, -0.2) is 63.0 Å². The van der Waals surface area contributed by atoms with Crippen molar-refractivity contribution in [1.29, 1.82) is 0 Å². The molecule has 0 aliphatic carbocycles. The van der Waals surface area contributed by atoms with Crippen molar-refractivity contribution in [2.45, 2.75) is 32.1 Å². The molecular weight excluding hydrogens is 406 g/mol. The van der Waals surface area contributed by atoms with Crippen LogP contribution < -0.4 is 4.90 Å². The number of hydrogen-bond acceptors (Lipinski definition) is 5. The van der Waals surface area contributed by atoms with E-state index in [1.165, 1.54) is 0 Å². The van der Waals surface area contributed by atoms with Crippen LogP contribution in [0.5, 0.6) is 0 Å². The van der Waals surface area contributed by atoms with Gasteiger partial charge in [-0.3, -0.25) is 9.59 Å². The van der Waals surface area contributed by atoms with Crippen molar-refractivity contribution in [2.24, 2.45) is 5.92 Å². The van der Waals surface area contributed by atoms with Crippen molar-refractivity contribution < 1.29 is 14.7 Å². The minimum absolute atomic E-state index is 0.0251. The number of carboxylic acid groups (broad SMARTS) is 1.